The summed E-state index contributed by atoms with van der Waals surface area (Å²) in [7, 11) is 1.66. The van der Waals surface area contributed by atoms with Crippen LogP contribution in [0.25, 0.3) is 0 Å². The van der Waals surface area contributed by atoms with Gasteiger partial charge in [0.1, 0.15) is 0 Å². The molecule has 18 heavy (non-hydrogen) atoms. The topological polar surface area (TPSA) is 56.6 Å². The highest BCUT2D eigenvalue weighted by Gasteiger charge is 2.24. The minimum Gasteiger partial charge on any atom is -0.384 e. The molecule has 0 N–H and O–H groups in total. The largest absolute Gasteiger partial charge is 0.384 e. The standard InChI is InChI=1S/C13H23N3O2/c1-11(10-18-3)8-13(17)16-6-4-15(5-7-16)12(2)9-14/h11-12H,4-8,10H2,1-3H3. The summed E-state index contributed by atoms with van der Waals surface area (Å²) >= 11 is 0. The van der Waals surface area contributed by atoms with Crippen LogP contribution in [0.4, 0.5) is 0 Å². The smallest absolute Gasteiger partial charge is 0.223 e. The lowest BCUT2D eigenvalue weighted by molar-refractivity contribution is -0.134. The van der Waals surface area contributed by atoms with Gasteiger partial charge in [0, 0.05) is 46.3 Å². The summed E-state index contributed by atoms with van der Waals surface area (Å²) in [4.78, 5) is 16.0. The van der Waals surface area contributed by atoms with E-state index in [1.807, 2.05) is 18.7 Å². The van der Waals surface area contributed by atoms with Gasteiger partial charge in [-0.2, -0.15) is 5.26 Å². The van der Waals surface area contributed by atoms with Crippen molar-refractivity contribution in [3.05, 3.63) is 0 Å². The molecule has 1 heterocycles. The highest BCUT2D eigenvalue weighted by Crippen LogP contribution is 2.10. The predicted molar refractivity (Wildman–Crippen MR) is 68.9 cm³/mol. The Hall–Kier alpha value is -1.12. The van der Waals surface area contributed by atoms with Gasteiger partial charge in [-0.15, -0.1) is 0 Å². The van der Waals surface area contributed by atoms with E-state index in [0.29, 0.717) is 13.0 Å². The molecule has 1 aliphatic rings. The molecule has 0 spiro atoms. The van der Waals surface area contributed by atoms with Crippen molar-refractivity contribution in [2.75, 3.05) is 39.9 Å². The van der Waals surface area contributed by atoms with Crippen molar-refractivity contribution in [3.63, 3.8) is 0 Å². The summed E-state index contributed by atoms with van der Waals surface area (Å²) in [5, 5.41) is 8.85. The van der Waals surface area contributed by atoms with Crippen molar-refractivity contribution >= 4 is 5.91 Å². The zero-order valence-corrected chi connectivity index (χ0v) is 11.6. The second kappa shape index (κ2) is 7.34. The van der Waals surface area contributed by atoms with E-state index in [0.717, 1.165) is 26.2 Å². The average Bonchev–Trinajstić information content (AvgIpc) is 2.38. The zero-order chi connectivity index (χ0) is 13.5. The summed E-state index contributed by atoms with van der Waals surface area (Å²) in [6.45, 7) is 7.58. The van der Waals surface area contributed by atoms with E-state index < -0.39 is 0 Å². The van der Waals surface area contributed by atoms with Crippen molar-refractivity contribution in [1.82, 2.24) is 9.80 Å². The first-order valence-corrected chi connectivity index (χ1v) is 6.48. The second-order valence-electron chi connectivity index (χ2n) is 4.99. The van der Waals surface area contributed by atoms with E-state index in [9.17, 15) is 4.79 Å². The molecule has 1 rings (SSSR count). The van der Waals surface area contributed by atoms with Crippen LogP contribution in [-0.2, 0) is 9.53 Å². The summed E-state index contributed by atoms with van der Waals surface area (Å²) in [6.07, 6.45) is 0.543. The fraction of sp³-hybridized carbons (Fsp3) is 0.846. The highest BCUT2D eigenvalue weighted by atomic mass is 16.5. The normalized spacial score (nSPS) is 20.2. The van der Waals surface area contributed by atoms with Gasteiger partial charge in [-0.1, -0.05) is 6.92 Å². The number of piperazine rings is 1. The SMILES string of the molecule is COCC(C)CC(=O)N1CCN(C(C)C#N)CC1. The molecule has 1 aliphatic heterocycles. The van der Waals surface area contributed by atoms with Crippen LogP contribution in [-0.4, -0.2) is 61.6 Å². The lowest BCUT2D eigenvalue weighted by Crippen LogP contribution is -2.51. The minimum absolute atomic E-state index is 0.0605. The van der Waals surface area contributed by atoms with Crippen LogP contribution in [0.3, 0.4) is 0 Å². The van der Waals surface area contributed by atoms with Crippen LogP contribution in [0.2, 0.25) is 0 Å². The van der Waals surface area contributed by atoms with Crippen LogP contribution >= 0.6 is 0 Å². The number of hydrogen-bond acceptors (Lipinski definition) is 4. The molecule has 102 valence electrons. The van der Waals surface area contributed by atoms with Gasteiger partial charge in [-0.3, -0.25) is 9.69 Å². The van der Waals surface area contributed by atoms with Gasteiger partial charge in [-0.05, 0) is 12.8 Å². The summed E-state index contributed by atoms with van der Waals surface area (Å²) < 4.78 is 5.04. The number of methoxy groups -OCH3 is 1. The van der Waals surface area contributed by atoms with Gasteiger partial charge in [-0.25, -0.2) is 0 Å². The average molecular weight is 253 g/mol. The number of hydrogen-bond donors (Lipinski definition) is 0. The maximum Gasteiger partial charge on any atom is 0.223 e. The molecule has 0 saturated carbocycles. The Kier molecular flexibility index (Phi) is 6.10. The lowest BCUT2D eigenvalue weighted by atomic mass is 10.1. The van der Waals surface area contributed by atoms with Crippen molar-refractivity contribution in [1.29, 1.82) is 5.26 Å². The van der Waals surface area contributed by atoms with Gasteiger partial charge in [0.15, 0.2) is 0 Å². The van der Waals surface area contributed by atoms with Crippen molar-refractivity contribution in [3.8, 4) is 6.07 Å². The fourth-order valence-corrected chi connectivity index (χ4v) is 2.21. The molecule has 1 fully saturated rings. The summed E-state index contributed by atoms with van der Waals surface area (Å²) in [6, 6.07) is 2.17. The maximum absolute atomic E-state index is 12.0. The zero-order valence-electron chi connectivity index (χ0n) is 11.6. The molecule has 0 aromatic heterocycles. The van der Waals surface area contributed by atoms with Crippen molar-refractivity contribution < 1.29 is 9.53 Å². The minimum atomic E-state index is -0.0605. The first-order valence-electron chi connectivity index (χ1n) is 6.48. The molecule has 0 aromatic carbocycles. The number of carbonyl (C=O) groups excluding carboxylic acids is 1. The van der Waals surface area contributed by atoms with E-state index in [2.05, 4.69) is 11.0 Å². The number of nitrogens with zero attached hydrogens (tertiary/aromatic N) is 3. The molecule has 5 nitrogen and oxygen atoms in total. The second-order valence-corrected chi connectivity index (χ2v) is 4.99. The Morgan fingerprint density at radius 2 is 1.94 bits per heavy atom. The van der Waals surface area contributed by atoms with E-state index in [1.54, 1.807) is 7.11 Å². The van der Waals surface area contributed by atoms with E-state index in [-0.39, 0.29) is 17.9 Å². The van der Waals surface area contributed by atoms with Gasteiger partial charge in [0.2, 0.25) is 5.91 Å². The third-order valence-corrected chi connectivity index (χ3v) is 3.38. The molecule has 1 saturated heterocycles. The fourth-order valence-electron chi connectivity index (χ4n) is 2.21. The molecule has 5 heteroatoms. The highest BCUT2D eigenvalue weighted by molar-refractivity contribution is 5.76. The van der Waals surface area contributed by atoms with Crippen LogP contribution in [0.5, 0.6) is 0 Å². The number of carbonyl (C=O) groups is 1. The number of nitriles is 1. The van der Waals surface area contributed by atoms with Gasteiger partial charge < -0.3 is 9.64 Å². The molecule has 0 aliphatic carbocycles. The molecule has 2 unspecified atom stereocenters. The molecular formula is C13H23N3O2. The molecule has 2 atom stereocenters. The Labute approximate surface area is 109 Å². The Balaban J connectivity index is 2.34. The lowest BCUT2D eigenvalue weighted by Gasteiger charge is -2.36. The number of ether oxygens (including phenoxy) is 1. The Bertz CT molecular complexity index is 306. The molecule has 0 bridgehead atoms. The first kappa shape index (κ1) is 14.9. The molecule has 0 radical (unpaired) electrons. The summed E-state index contributed by atoms with van der Waals surface area (Å²) in [5.41, 5.74) is 0. The monoisotopic (exact) mass is 253 g/mol. The van der Waals surface area contributed by atoms with Gasteiger partial charge in [0.25, 0.3) is 0 Å². The van der Waals surface area contributed by atoms with Crippen LogP contribution < -0.4 is 0 Å². The third-order valence-electron chi connectivity index (χ3n) is 3.38. The Morgan fingerprint density at radius 3 is 2.44 bits per heavy atom. The third kappa shape index (κ3) is 4.28. The maximum atomic E-state index is 12.0. The molecule has 1 amide bonds. The number of rotatable bonds is 5. The molecular weight excluding hydrogens is 230 g/mol. The van der Waals surface area contributed by atoms with E-state index in [4.69, 9.17) is 10.00 Å². The van der Waals surface area contributed by atoms with Crippen LogP contribution in [0.1, 0.15) is 20.3 Å². The van der Waals surface area contributed by atoms with Gasteiger partial charge in [0.05, 0.1) is 12.1 Å². The molecule has 0 aromatic rings. The Morgan fingerprint density at radius 1 is 1.33 bits per heavy atom. The predicted octanol–water partition coefficient (Wildman–Crippen LogP) is 0.715. The summed E-state index contributed by atoms with van der Waals surface area (Å²) in [5.74, 6) is 0.461. The van der Waals surface area contributed by atoms with Crippen molar-refractivity contribution in [2.24, 2.45) is 5.92 Å². The van der Waals surface area contributed by atoms with E-state index >= 15 is 0 Å². The van der Waals surface area contributed by atoms with Crippen LogP contribution in [0, 0.1) is 17.2 Å². The first-order chi connectivity index (χ1) is 8.58. The quantitative estimate of drug-likeness (QED) is 0.724. The van der Waals surface area contributed by atoms with Crippen molar-refractivity contribution in [2.45, 2.75) is 26.3 Å². The van der Waals surface area contributed by atoms with E-state index in [1.165, 1.54) is 0 Å². The van der Waals surface area contributed by atoms with Gasteiger partial charge >= 0.3 is 0 Å². The van der Waals surface area contributed by atoms with Crippen LogP contribution in [0.15, 0.2) is 0 Å². The number of amides is 1.